The predicted molar refractivity (Wildman–Crippen MR) is 262 cm³/mol. The van der Waals surface area contributed by atoms with E-state index in [0.29, 0.717) is 11.8 Å². The van der Waals surface area contributed by atoms with Gasteiger partial charge in [0.05, 0.1) is 20.4 Å². The first-order chi connectivity index (χ1) is 29.2. The maximum Gasteiger partial charge on any atom is 0.243 e. The zero-order chi connectivity index (χ0) is 44.5. The fourth-order valence-electron chi connectivity index (χ4n) is 6.96. The Balaban J connectivity index is 0.000000186. The van der Waals surface area contributed by atoms with Crippen LogP contribution in [-0.4, -0.2) is 19.9 Å². The Bertz CT molecular complexity index is 2820. The van der Waals surface area contributed by atoms with Crippen molar-refractivity contribution in [1.82, 2.24) is 19.9 Å². The van der Waals surface area contributed by atoms with Crippen LogP contribution in [0.5, 0.6) is 23.3 Å². The molecule has 0 aliphatic carbocycles. The van der Waals surface area contributed by atoms with Gasteiger partial charge >= 0.3 is 0 Å². The number of ether oxygens (including phenoxy) is 2. The molecular formula is C52H58N6O2S2. The van der Waals surface area contributed by atoms with Crippen molar-refractivity contribution in [2.75, 3.05) is 10.6 Å². The molecule has 0 amide bonds. The molecule has 0 saturated carbocycles. The van der Waals surface area contributed by atoms with Gasteiger partial charge in [-0.1, -0.05) is 160 Å². The minimum Gasteiger partial charge on any atom is -0.437 e. The number of rotatable bonds is 8. The summed E-state index contributed by atoms with van der Waals surface area (Å²) in [5.74, 6) is 2.70. The van der Waals surface area contributed by atoms with E-state index in [1.807, 2.05) is 60.7 Å². The Morgan fingerprint density at radius 1 is 0.452 bits per heavy atom. The number of para-hydroxylation sites is 2. The molecule has 320 valence electrons. The zero-order valence-electron chi connectivity index (χ0n) is 38.0. The molecule has 0 aliphatic rings. The SMILES string of the molecule is CC(C)(C)c1ccc2sc(Nc3cccnc3Oc3ccccc3C(C)(C)C)nc2c1.CC(C)(C)c1ccccc1Oc1ncccc1Nc1nc2cccc(C(C)(C)C)c2s1. The van der Waals surface area contributed by atoms with Gasteiger partial charge < -0.3 is 20.1 Å². The predicted octanol–water partition coefficient (Wildman–Crippen LogP) is 15.6. The normalized spacial score (nSPS) is 12.2. The summed E-state index contributed by atoms with van der Waals surface area (Å²) in [6, 6.07) is 36.8. The van der Waals surface area contributed by atoms with Crippen molar-refractivity contribution in [3.8, 4) is 23.3 Å². The van der Waals surface area contributed by atoms with Crippen LogP contribution in [-0.2, 0) is 21.7 Å². The van der Waals surface area contributed by atoms with E-state index in [2.05, 4.69) is 152 Å². The van der Waals surface area contributed by atoms with E-state index >= 15 is 0 Å². The maximum absolute atomic E-state index is 6.29. The topological polar surface area (TPSA) is 94.1 Å². The number of pyridine rings is 2. The molecule has 0 fully saturated rings. The molecule has 4 heterocycles. The van der Waals surface area contributed by atoms with Crippen LogP contribution >= 0.6 is 22.7 Å². The molecular weight excluding hydrogens is 805 g/mol. The number of fused-ring (bicyclic) bond motifs is 2. The minimum absolute atomic E-state index is 0.0310. The molecule has 8 nitrogen and oxygen atoms in total. The van der Waals surface area contributed by atoms with Crippen molar-refractivity contribution in [2.24, 2.45) is 0 Å². The lowest BCUT2D eigenvalue weighted by atomic mass is 9.86. The summed E-state index contributed by atoms with van der Waals surface area (Å²) in [5.41, 5.74) is 8.55. The first-order valence-corrected chi connectivity index (χ1v) is 22.7. The second kappa shape index (κ2) is 17.5. The van der Waals surface area contributed by atoms with Crippen molar-refractivity contribution >= 4 is 64.7 Å². The molecule has 8 rings (SSSR count). The third kappa shape index (κ3) is 10.4. The van der Waals surface area contributed by atoms with E-state index < -0.39 is 0 Å². The van der Waals surface area contributed by atoms with Crippen molar-refractivity contribution in [2.45, 2.75) is 105 Å². The van der Waals surface area contributed by atoms with Gasteiger partial charge in [0, 0.05) is 23.5 Å². The lowest BCUT2D eigenvalue weighted by molar-refractivity contribution is 0.441. The van der Waals surface area contributed by atoms with Crippen molar-refractivity contribution in [1.29, 1.82) is 0 Å². The molecule has 4 aromatic carbocycles. The molecule has 4 aromatic heterocycles. The molecule has 0 bridgehead atoms. The van der Waals surface area contributed by atoms with Crippen LogP contribution in [0.2, 0.25) is 0 Å². The summed E-state index contributed by atoms with van der Waals surface area (Å²) in [6.07, 6.45) is 3.49. The van der Waals surface area contributed by atoms with Crippen LogP contribution < -0.4 is 20.1 Å². The third-order valence-corrected chi connectivity index (χ3v) is 12.3. The summed E-state index contributed by atoms with van der Waals surface area (Å²) < 4.78 is 14.9. The Morgan fingerprint density at radius 2 is 0.935 bits per heavy atom. The number of hydrogen-bond acceptors (Lipinski definition) is 10. The van der Waals surface area contributed by atoms with Gasteiger partial charge in [-0.15, -0.1) is 0 Å². The lowest BCUT2D eigenvalue weighted by Crippen LogP contribution is -2.12. The number of hydrogen-bond donors (Lipinski definition) is 2. The number of thiazole rings is 2. The third-order valence-electron chi connectivity index (χ3n) is 10.3. The molecule has 0 spiro atoms. The number of aromatic nitrogens is 4. The Labute approximate surface area is 374 Å². The summed E-state index contributed by atoms with van der Waals surface area (Å²) in [5, 5.41) is 8.51. The molecule has 0 atom stereocenters. The van der Waals surface area contributed by atoms with Crippen molar-refractivity contribution < 1.29 is 9.47 Å². The smallest absolute Gasteiger partial charge is 0.243 e. The van der Waals surface area contributed by atoms with Crippen molar-refractivity contribution in [3.63, 3.8) is 0 Å². The monoisotopic (exact) mass is 862 g/mol. The van der Waals surface area contributed by atoms with Gasteiger partial charge in [-0.2, -0.15) is 0 Å². The Kier molecular flexibility index (Phi) is 12.5. The summed E-state index contributed by atoms with van der Waals surface area (Å²) in [4.78, 5) is 18.6. The van der Waals surface area contributed by atoms with E-state index in [0.717, 1.165) is 60.0 Å². The summed E-state index contributed by atoms with van der Waals surface area (Å²) in [6.45, 7) is 26.4. The van der Waals surface area contributed by atoms with Gasteiger partial charge in [-0.3, -0.25) is 0 Å². The first kappa shape index (κ1) is 44.2. The maximum atomic E-state index is 6.29. The largest absolute Gasteiger partial charge is 0.437 e. The van der Waals surface area contributed by atoms with Gasteiger partial charge in [-0.05, 0) is 87.4 Å². The average Bonchev–Trinajstić information content (AvgIpc) is 3.81. The highest BCUT2D eigenvalue weighted by Crippen LogP contribution is 2.41. The quantitative estimate of drug-likeness (QED) is 0.156. The van der Waals surface area contributed by atoms with Crippen LogP contribution in [0.4, 0.5) is 21.6 Å². The molecule has 10 heteroatoms. The minimum atomic E-state index is -0.0324. The molecule has 0 radical (unpaired) electrons. The van der Waals surface area contributed by atoms with Crippen LogP contribution in [0.3, 0.4) is 0 Å². The van der Waals surface area contributed by atoms with Gasteiger partial charge in [-0.25, -0.2) is 19.9 Å². The fraction of sp³-hybridized carbons (Fsp3) is 0.308. The van der Waals surface area contributed by atoms with E-state index in [1.165, 1.54) is 15.8 Å². The van der Waals surface area contributed by atoms with Gasteiger partial charge in [0.1, 0.15) is 22.9 Å². The van der Waals surface area contributed by atoms with Crippen LogP contribution in [0.1, 0.15) is 105 Å². The molecule has 2 N–H and O–H groups in total. The number of anilines is 4. The van der Waals surface area contributed by atoms with E-state index in [-0.39, 0.29) is 21.7 Å². The second-order valence-electron chi connectivity index (χ2n) is 19.5. The lowest BCUT2D eigenvalue weighted by Gasteiger charge is -2.22. The molecule has 62 heavy (non-hydrogen) atoms. The van der Waals surface area contributed by atoms with Gasteiger partial charge in [0.2, 0.25) is 11.8 Å². The number of nitrogens with zero attached hydrogens (tertiary/aromatic N) is 4. The second-order valence-corrected chi connectivity index (χ2v) is 21.6. The van der Waals surface area contributed by atoms with Gasteiger partial charge in [0.15, 0.2) is 10.3 Å². The molecule has 0 aliphatic heterocycles. The Hall–Kier alpha value is -5.84. The van der Waals surface area contributed by atoms with Crippen molar-refractivity contribution in [3.05, 3.63) is 144 Å². The van der Waals surface area contributed by atoms with E-state index in [9.17, 15) is 0 Å². The molecule has 0 saturated heterocycles. The average molecular weight is 863 g/mol. The number of nitrogens with one attached hydrogen (secondary N) is 2. The van der Waals surface area contributed by atoms with Crippen LogP contribution in [0.15, 0.2) is 122 Å². The van der Waals surface area contributed by atoms with Crippen LogP contribution in [0, 0.1) is 0 Å². The fourth-order valence-corrected chi connectivity index (χ4v) is 9.02. The van der Waals surface area contributed by atoms with E-state index in [4.69, 9.17) is 19.4 Å². The number of benzene rings is 4. The first-order valence-electron chi connectivity index (χ1n) is 21.0. The zero-order valence-corrected chi connectivity index (χ0v) is 39.6. The highest BCUT2D eigenvalue weighted by atomic mass is 32.1. The van der Waals surface area contributed by atoms with E-state index in [1.54, 1.807) is 35.1 Å². The van der Waals surface area contributed by atoms with Crippen LogP contribution in [0.25, 0.3) is 20.4 Å². The molecule has 8 aromatic rings. The standard InChI is InChI=1S/2C26H29N3OS/c1-25(2,3)17-11-7-8-15-21(17)30-23-20(14-10-16-27-23)29-24-28-19-13-9-12-18(22(19)31-24)26(4,5)6;1-25(2,3)17-13-14-22-20(16-17)29-24(31-22)28-19-11-9-15-27-23(19)30-21-12-8-7-10-18(21)26(4,5)6/h2*7-16H,1-6H3,(H,28,29). The Morgan fingerprint density at radius 3 is 1.45 bits per heavy atom. The summed E-state index contributed by atoms with van der Waals surface area (Å²) in [7, 11) is 0. The molecule has 0 unspecified atom stereocenters. The highest BCUT2D eigenvalue weighted by molar-refractivity contribution is 7.22. The summed E-state index contributed by atoms with van der Waals surface area (Å²) >= 11 is 3.29. The van der Waals surface area contributed by atoms with Gasteiger partial charge in [0.25, 0.3) is 0 Å². The highest BCUT2D eigenvalue weighted by Gasteiger charge is 2.23.